The summed E-state index contributed by atoms with van der Waals surface area (Å²) in [6.07, 6.45) is 0.836. The van der Waals surface area contributed by atoms with E-state index in [-0.39, 0.29) is 5.89 Å². The van der Waals surface area contributed by atoms with Crippen molar-refractivity contribution in [2.24, 2.45) is 0 Å². The molecule has 0 fully saturated rings. The van der Waals surface area contributed by atoms with Crippen LogP contribution in [0.2, 0.25) is 0 Å². The summed E-state index contributed by atoms with van der Waals surface area (Å²) in [5, 5.41) is -0.664. The number of hydrogen-bond acceptors (Lipinski definition) is 3. The number of carbonyl (C=O) groups excluding carboxylic acids is 1. The standard InChI is InChI=1S/C10H8ClNO2/c1-2-6-4-3-5-7-8(6)14-10(12-7)9(11)13/h3-5H,2H2,1H3. The van der Waals surface area contributed by atoms with Crippen molar-refractivity contribution >= 4 is 27.9 Å². The molecule has 1 aromatic carbocycles. The fraction of sp³-hybridized carbons (Fsp3) is 0.200. The summed E-state index contributed by atoms with van der Waals surface area (Å²) in [6, 6.07) is 5.61. The molecule has 72 valence electrons. The molecule has 1 heterocycles. The number of aromatic nitrogens is 1. The van der Waals surface area contributed by atoms with Crippen LogP contribution >= 0.6 is 11.6 Å². The van der Waals surface area contributed by atoms with Crippen LogP contribution in [0.5, 0.6) is 0 Å². The molecule has 3 nitrogen and oxygen atoms in total. The van der Waals surface area contributed by atoms with E-state index in [1.807, 2.05) is 19.1 Å². The van der Waals surface area contributed by atoms with Gasteiger partial charge in [0.05, 0.1) is 0 Å². The highest BCUT2D eigenvalue weighted by Crippen LogP contribution is 2.21. The predicted octanol–water partition coefficient (Wildman–Crippen LogP) is 2.77. The van der Waals surface area contributed by atoms with Crippen LogP contribution < -0.4 is 0 Å². The SMILES string of the molecule is CCc1cccc2nc(C(=O)Cl)oc12. The van der Waals surface area contributed by atoms with Crippen molar-refractivity contribution in [3.63, 3.8) is 0 Å². The first-order valence-corrected chi connectivity index (χ1v) is 4.68. The molecule has 0 saturated carbocycles. The Morgan fingerprint density at radius 3 is 3.00 bits per heavy atom. The lowest BCUT2D eigenvalue weighted by molar-refractivity contribution is 0.105. The van der Waals surface area contributed by atoms with E-state index >= 15 is 0 Å². The minimum absolute atomic E-state index is 0.0393. The van der Waals surface area contributed by atoms with E-state index < -0.39 is 5.24 Å². The number of aryl methyl sites for hydroxylation is 1. The number of nitrogens with zero attached hydrogens (tertiary/aromatic N) is 1. The molecule has 0 radical (unpaired) electrons. The maximum Gasteiger partial charge on any atom is 0.307 e. The summed E-state index contributed by atoms with van der Waals surface area (Å²) in [5.74, 6) is -0.0393. The molecule has 14 heavy (non-hydrogen) atoms. The van der Waals surface area contributed by atoms with E-state index in [4.69, 9.17) is 16.0 Å². The highest BCUT2D eigenvalue weighted by Gasteiger charge is 2.13. The first kappa shape index (κ1) is 9.21. The Morgan fingerprint density at radius 2 is 2.36 bits per heavy atom. The third kappa shape index (κ3) is 1.40. The molecule has 0 unspecified atom stereocenters. The largest absolute Gasteiger partial charge is 0.432 e. The van der Waals surface area contributed by atoms with Gasteiger partial charge in [-0.3, -0.25) is 4.79 Å². The van der Waals surface area contributed by atoms with Crippen molar-refractivity contribution in [3.8, 4) is 0 Å². The maximum absolute atomic E-state index is 10.8. The number of halogens is 1. The second-order valence-corrected chi connectivity index (χ2v) is 3.25. The van der Waals surface area contributed by atoms with E-state index in [1.54, 1.807) is 6.07 Å². The molecule has 0 amide bonds. The van der Waals surface area contributed by atoms with Gasteiger partial charge in [-0.05, 0) is 29.7 Å². The highest BCUT2D eigenvalue weighted by molar-refractivity contribution is 6.67. The third-order valence-corrected chi connectivity index (χ3v) is 2.21. The second-order valence-electron chi connectivity index (χ2n) is 2.91. The first-order chi connectivity index (χ1) is 6.72. The first-order valence-electron chi connectivity index (χ1n) is 4.30. The van der Waals surface area contributed by atoms with Crippen LogP contribution in [-0.2, 0) is 6.42 Å². The van der Waals surface area contributed by atoms with Crippen LogP contribution in [0.25, 0.3) is 11.1 Å². The van der Waals surface area contributed by atoms with Crippen LogP contribution in [0.3, 0.4) is 0 Å². The van der Waals surface area contributed by atoms with Gasteiger partial charge in [-0.25, -0.2) is 4.98 Å². The van der Waals surface area contributed by atoms with Crippen LogP contribution in [0.4, 0.5) is 0 Å². The summed E-state index contributed by atoms with van der Waals surface area (Å²) >= 11 is 5.28. The summed E-state index contributed by atoms with van der Waals surface area (Å²) in [7, 11) is 0. The molecule has 0 spiro atoms. The van der Waals surface area contributed by atoms with Gasteiger partial charge in [0.1, 0.15) is 5.52 Å². The smallest absolute Gasteiger partial charge is 0.307 e. The average Bonchev–Trinajstić information content (AvgIpc) is 2.60. The summed E-state index contributed by atoms with van der Waals surface area (Å²) in [5.41, 5.74) is 2.35. The minimum atomic E-state index is -0.664. The topological polar surface area (TPSA) is 43.1 Å². The van der Waals surface area contributed by atoms with Crippen LogP contribution in [0.1, 0.15) is 23.2 Å². The van der Waals surface area contributed by atoms with E-state index in [2.05, 4.69) is 4.98 Å². The molecule has 0 N–H and O–H groups in total. The molecular formula is C10H8ClNO2. The number of fused-ring (bicyclic) bond motifs is 1. The monoisotopic (exact) mass is 209 g/mol. The lowest BCUT2D eigenvalue weighted by Crippen LogP contribution is -1.85. The van der Waals surface area contributed by atoms with Crippen molar-refractivity contribution in [1.82, 2.24) is 4.98 Å². The van der Waals surface area contributed by atoms with E-state index in [0.717, 1.165) is 12.0 Å². The van der Waals surface area contributed by atoms with Gasteiger partial charge in [0.15, 0.2) is 5.58 Å². The molecule has 1 aromatic heterocycles. The number of carbonyl (C=O) groups is 1. The van der Waals surface area contributed by atoms with Crippen LogP contribution in [0.15, 0.2) is 22.6 Å². The summed E-state index contributed by atoms with van der Waals surface area (Å²) in [4.78, 5) is 14.8. The zero-order chi connectivity index (χ0) is 10.1. The number of benzene rings is 1. The lowest BCUT2D eigenvalue weighted by Gasteiger charge is -1.94. The molecule has 0 atom stereocenters. The minimum Gasteiger partial charge on any atom is -0.432 e. The molecule has 0 aliphatic rings. The van der Waals surface area contributed by atoms with Crippen molar-refractivity contribution < 1.29 is 9.21 Å². The molecule has 2 aromatic rings. The molecule has 0 aliphatic carbocycles. The molecular weight excluding hydrogens is 202 g/mol. The van der Waals surface area contributed by atoms with Gasteiger partial charge in [-0.2, -0.15) is 0 Å². The zero-order valence-corrected chi connectivity index (χ0v) is 8.34. The Morgan fingerprint density at radius 1 is 1.57 bits per heavy atom. The Balaban J connectivity index is 2.70. The number of hydrogen-bond donors (Lipinski definition) is 0. The van der Waals surface area contributed by atoms with E-state index in [1.165, 1.54) is 0 Å². The van der Waals surface area contributed by atoms with E-state index in [0.29, 0.717) is 11.1 Å². The van der Waals surface area contributed by atoms with Crippen LogP contribution in [-0.4, -0.2) is 10.2 Å². The maximum atomic E-state index is 10.8. The fourth-order valence-corrected chi connectivity index (χ4v) is 1.45. The number of para-hydroxylation sites is 1. The van der Waals surface area contributed by atoms with Crippen molar-refractivity contribution in [2.75, 3.05) is 0 Å². The van der Waals surface area contributed by atoms with Gasteiger partial charge in [0, 0.05) is 0 Å². The predicted molar refractivity (Wildman–Crippen MR) is 53.6 cm³/mol. The third-order valence-electron chi connectivity index (χ3n) is 2.05. The Hall–Kier alpha value is -1.35. The van der Waals surface area contributed by atoms with Gasteiger partial charge in [-0.1, -0.05) is 19.1 Å². The molecule has 4 heteroatoms. The lowest BCUT2D eigenvalue weighted by atomic mass is 10.1. The number of oxazole rings is 1. The molecule has 2 rings (SSSR count). The van der Waals surface area contributed by atoms with Crippen molar-refractivity contribution in [1.29, 1.82) is 0 Å². The zero-order valence-electron chi connectivity index (χ0n) is 7.58. The van der Waals surface area contributed by atoms with Gasteiger partial charge >= 0.3 is 5.24 Å². The highest BCUT2D eigenvalue weighted by atomic mass is 35.5. The summed E-state index contributed by atoms with van der Waals surface area (Å²) < 4.78 is 5.26. The molecule has 0 bridgehead atoms. The van der Waals surface area contributed by atoms with Crippen molar-refractivity contribution in [3.05, 3.63) is 29.7 Å². The van der Waals surface area contributed by atoms with Gasteiger partial charge in [0.25, 0.3) is 5.89 Å². The Kier molecular flexibility index (Phi) is 2.25. The van der Waals surface area contributed by atoms with E-state index in [9.17, 15) is 4.79 Å². The number of rotatable bonds is 2. The molecule has 0 aliphatic heterocycles. The van der Waals surface area contributed by atoms with Gasteiger partial charge in [-0.15, -0.1) is 0 Å². The fourth-order valence-electron chi connectivity index (χ4n) is 1.37. The second kappa shape index (κ2) is 3.42. The van der Waals surface area contributed by atoms with Crippen LogP contribution in [0, 0.1) is 0 Å². The van der Waals surface area contributed by atoms with Crippen molar-refractivity contribution in [2.45, 2.75) is 13.3 Å². The normalized spacial score (nSPS) is 10.7. The van der Waals surface area contributed by atoms with Gasteiger partial charge < -0.3 is 4.42 Å². The summed E-state index contributed by atoms with van der Waals surface area (Å²) in [6.45, 7) is 2.01. The Labute approximate surface area is 85.7 Å². The molecule has 0 saturated heterocycles. The van der Waals surface area contributed by atoms with Gasteiger partial charge in [0.2, 0.25) is 0 Å². The average molecular weight is 210 g/mol. The Bertz CT molecular complexity index is 490. The quantitative estimate of drug-likeness (QED) is 0.715.